The molecule has 0 unspecified atom stereocenters. The molecule has 1 aromatic carbocycles. The van der Waals surface area contributed by atoms with Gasteiger partial charge in [-0.05, 0) is 13.0 Å². The van der Waals surface area contributed by atoms with E-state index in [1.165, 1.54) is 16.4 Å². The van der Waals surface area contributed by atoms with E-state index in [-0.39, 0.29) is 22.4 Å². The zero-order valence-electron chi connectivity index (χ0n) is 11.5. The fourth-order valence-corrected chi connectivity index (χ4v) is 3.56. The Hall–Kier alpha value is -1.38. The van der Waals surface area contributed by atoms with Gasteiger partial charge < -0.3 is 5.32 Å². The van der Waals surface area contributed by atoms with Crippen molar-refractivity contribution < 1.29 is 13.3 Å². The third kappa shape index (κ3) is 3.63. The van der Waals surface area contributed by atoms with Crippen molar-refractivity contribution in [2.75, 3.05) is 30.7 Å². The van der Waals surface area contributed by atoms with E-state index >= 15 is 0 Å². The number of benzene rings is 1. The molecule has 0 saturated carbocycles. The Balaban J connectivity index is 1.87. The number of hydrogen-bond acceptors (Lipinski definition) is 5. The third-order valence-electron chi connectivity index (χ3n) is 3.43. The van der Waals surface area contributed by atoms with Gasteiger partial charge in [0.25, 0.3) is 5.69 Å². The Morgan fingerprint density at radius 2 is 2.14 bits per heavy atom. The maximum absolute atomic E-state index is 11.6. The van der Waals surface area contributed by atoms with Gasteiger partial charge in [0.1, 0.15) is 0 Å². The van der Waals surface area contributed by atoms with Crippen LogP contribution >= 0.6 is 11.6 Å². The van der Waals surface area contributed by atoms with Crippen molar-refractivity contribution in [3.63, 3.8) is 0 Å². The fourth-order valence-electron chi connectivity index (χ4n) is 2.08. The van der Waals surface area contributed by atoms with Crippen molar-refractivity contribution in [2.45, 2.75) is 6.92 Å². The highest BCUT2D eigenvalue weighted by molar-refractivity contribution is 7.89. The summed E-state index contributed by atoms with van der Waals surface area (Å²) in [6.07, 6.45) is 0. The van der Waals surface area contributed by atoms with Crippen LogP contribution in [0.1, 0.15) is 6.92 Å². The summed E-state index contributed by atoms with van der Waals surface area (Å²) in [4.78, 5) is 10.1. The topological polar surface area (TPSA) is 92.6 Å². The Morgan fingerprint density at radius 1 is 1.48 bits per heavy atom. The third-order valence-corrected chi connectivity index (χ3v) is 5.55. The van der Waals surface area contributed by atoms with Crippen molar-refractivity contribution in [3.8, 4) is 0 Å². The lowest BCUT2D eigenvalue weighted by Crippen LogP contribution is -2.52. The normalized spacial score (nSPS) is 16.5. The van der Waals surface area contributed by atoms with Crippen molar-refractivity contribution in [3.05, 3.63) is 33.3 Å². The molecule has 0 radical (unpaired) electrons. The predicted octanol–water partition coefficient (Wildman–Crippen LogP) is 1.94. The molecule has 0 atom stereocenters. The standard InChI is InChI=1S/C12H16ClN3O4S/c1-2-21(19,20)15-7-9(8-15)6-14-12-4-3-10(16(17)18)5-11(12)13/h3-5,9,14H,2,6-8H2,1H3. The number of nitro groups is 1. The molecule has 2 rings (SSSR count). The molecule has 1 N–H and O–H groups in total. The first-order valence-corrected chi connectivity index (χ1v) is 8.48. The molecule has 1 saturated heterocycles. The summed E-state index contributed by atoms with van der Waals surface area (Å²) >= 11 is 5.97. The summed E-state index contributed by atoms with van der Waals surface area (Å²) in [5.41, 5.74) is 0.550. The quantitative estimate of drug-likeness (QED) is 0.634. The molecule has 1 aliphatic rings. The van der Waals surface area contributed by atoms with Gasteiger partial charge >= 0.3 is 0 Å². The number of hydrogen-bond donors (Lipinski definition) is 1. The van der Waals surface area contributed by atoms with Gasteiger partial charge in [-0.3, -0.25) is 10.1 Å². The number of non-ortho nitro benzene ring substituents is 1. The van der Waals surface area contributed by atoms with E-state index < -0.39 is 14.9 Å². The maximum Gasteiger partial charge on any atom is 0.271 e. The van der Waals surface area contributed by atoms with Crippen LogP contribution in [-0.2, 0) is 10.0 Å². The first kappa shape index (κ1) is 16.0. The van der Waals surface area contributed by atoms with E-state index in [0.717, 1.165) is 0 Å². The molecule has 9 heteroatoms. The molecule has 1 fully saturated rings. The Kier molecular flexibility index (Phi) is 4.70. The van der Waals surface area contributed by atoms with Gasteiger partial charge in [-0.1, -0.05) is 11.6 Å². The molecule has 116 valence electrons. The number of nitrogens with one attached hydrogen (secondary N) is 1. The molecular formula is C12H16ClN3O4S. The summed E-state index contributed by atoms with van der Waals surface area (Å²) in [6.45, 7) is 3.19. The Bertz CT molecular complexity index is 644. The van der Waals surface area contributed by atoms with Gasteiger partial charge in [0.05, 0.1) is 21.4 Å². The minimum Gasteiger partial charge on any atom is -0.383 e. The highest BCUT2D eigenvalue weighted by Crippen LogP contribution is 2.28. The van der Waals surface area contributed by atoms with Crippen LogP contribution in [0.15, 0.2) is 18.2 Å². The van der Waals surface area contributed by atoms with Crippen molar-refractivity contribution in [1.29, 1.82) is 0 Å². The Labute approximate surface area is 128 Å². The summed E-state index contributed by atoms with van der Waals surface area (Å²) in [7, 11) is -3.10. The van der Waals surface area contributed by atoms with E-state index in [2.05, 4.69) is 5.32 Å². The van der Waals surface area contributed by atoms with Crippen LogP contribution in [0.2, 0.25) is 5.02 Å². The molecule has 1 heterocycles. The van der Waals surface area contributed by atoms with E-state index in [1.807, 2.05) is 0 Å². The van der Waals surface area contributed by atoms with E-state index in [1.54, 1.807) is 13.0 Å². The molecule has 7 nitrogen and oxygen atoms in total. The fraction of sp³-hybridized carbons (Fsp3) is 0.500. The number of anilines is 1. The number of nitro benzene ring substituents is 1. The van der Waals surface area contributed by atoms with Gasteiger partial charge in [-0.2, -0.15) is 0 Å². The SMILES string of the molecule is CCS(=O)(=O)N1CC(CNc2ccc([N+](=O)[O-])cc2Cl)C1. The van der Waals surface area contributed by atoms with Gasteiger partial charge in [0.2, 0.25) is 10.0 Å². The minimum atomic E-state index is -3.10. The second-order valence-electron chi connectivity index (χ2n) is 4.89. The van der Waals surface area contributed by atoms with Crippen molar-refractivity contribution in [1.82, 2.24) is 4.31 Å². The van der Waals surface area contributed by atoms with Gasteiger partial charge in [-0.25, -0.2) is 12.7 Å². The van der Waals surface area contributed by atoms with Crippen molar-refractivity contribution >= 4 is 33.0 Å². The summed E-state index contributed by atoms with van der Waals surface area (Å²) < 4.78 is 24.6. The van der Waals surface area contributed by atoms with Gasteiger partial charge in [-0.15, -0.1) is 0 Å². The maximum atomic E-state index is 11.6. The van der Waals surface area contributed by atoms with Crippen LogP contribution in [0.5, 0.6) is 0 Å². The summed E-state index contributed by atoms with van der Waals surface area (Å²) in [5, 5.41) is 14.0. The zero-order valence-corrected chi connectivity index (χ0v) is 13.0. The van der Waals surface area contributed by atoms with Gasteiger partial charge in [0, 0.05) is 37.7 Å². The monoisotopic (exact) mass is 333 g/mol. The van der Waals surface area contributed by atoms with Crippen molar-refractivity contribution in [2.24, 2.45) is 5.92 Å². The number of nitrogens with zero attached hydrogens (tertiary/aromatic N) is 2. The Morgan fingerprint density at radius 3 is 2.67 bits per heavy atom. The lowest BCUT2D eigenvalue weighted by molar-refractivity contribution is -0.384. The lowest BCUT2D eigenvalue weighted by Gasteiger charge is -2.38. The first-order chi connectivity index (χ1) is 9.83. The van der Waals surface area contributed by atoms with Crippen LogP contribution in [-0.4, -0.2) is 43.0 Å². The van der Waals surface area contributed by atoms with E-state index in [9.17, 15) is 18.5 Å². The molecule has 21 heavy (non-hydrogen) atoms. The van der Waals surface area contributed by atoms with Crippen LogP contribution < -0.4 is 5.32 Å². The number of rotatable bonds is 6. The second kappa shape index (κ2) is 6.17. The average molecular weight is 334 g/mol. The minimum absolute atomic E-state index is 0.0607. The summed E-state index contributed by atoms with van der Waals surface area (Å²) in [6, 6.07) is 4.22. The van der Waals surface area contributed by atoms with Crippen LogP contribution in [0, 0.1) is 16.0 Å². The lowest BCUT2D eigenvalue weighted by atomic mass is 10.0. The van der Waals surface area contributed by atoms with E-state index in [0.29, 0.717) is 25.3 Å². The van der Waals surface area contributed by atoms with E-state index in [4.69, 9.17) is 11.6 Å². The molecule has 0 amide bonds. The molecule has 1 aliphatic heterocycles. The smallest absolute Gasteiger partial charge is 0.271 e. The largest absolute Gasteiger partial charge is 0.383 e. The molecule has 0 bridgehead atoms. The second-order valence-corrected chi connectivity index (χ2v) is 7.55. The van der Waals surface area contributed by atoms with Crippen LogP contribution in [0.3, 0.4) is 0 Å². The zero-order chi connectivity index (χ0) is 15.6. The van der Waals surface area contributed by atoms with Gasteiger partial charge in [0.15, 0.2) is 0 Å². The molecule has 0 spiro atoms. The highest BCUT2D eigenvalue weighted by Gasteiger charge is 2.34. The molecule has 0 aromatic heterocycles. The van der Waals surface area contributed by atoms with Crippen LogP contribution in [0.4, 0.5) is 11.4 Å². The molecule has 0 aliphatic carbocycles. The van der Waals surface area contributed by atoms with Crippen LogP contribution in [0.25, 0.3) is 0 Å². The summed E-state index contributed by atoms with van der Waals surface area (Å²) in [5.74, 6) is 0.332. The number of halogens is 1. The molecular weight excluding hydrogens is 318 g/mol. The predicted molar refractivity (Wildman–Crippen MR) is 81.1 cm³/mol. The highest BCUT2D eigenvalue weighted by atomic mass is 35.5. The number of sulfonamides is 1. The molecule has 1 aromatic rings. The average Bonchev–Trinajstić information content (AvgIpc) is 2.38. The first-order valence-electron chi connectivity index (χ1n) is 6.49.